The van der Waals surface area contributed by atoms with Gasteiger partial charge in [0.2, 0.25) is 11.7 Å². The van der Waals surface area contributed by atoms with E-state index in [2.05, 4.69) is 35.9 Å². The molecule has 23 heavy (non-hydrogen) atoms. The molecule has 0 aliphatic heterocycles. The van der Waals surface area contributed by atoms with Gasteiger partial charge in [0.15, 0.2) is 0 Å². The third-order valence-corrected chi connectivity index (χ3v) is 4.38. The van der Waals surface area contributed by atoms with Gasteiger partial charge in [-0.1, -0.05) is 25.9 Å². The molecular weight excluding hydrogens is 290 g/mol. The highest BCUT2D eigenvalue weighted by Crippen LogP contribution is 2.45. The molecule has 0 amide bonds. The van der Waals surface area contributed by atoms with Crippen molar-refractivity contribution in [3.63, 3.8) is 0 Å². The molecular formula is C18H23N3O2. The topological polar surface area (TPSA) is 61.0 Å². The molecule has 0 saturated heterocycles. The lowest BCUT2D eigenvalue weighted by Crippen LogP contribution is -2.11. The van der Waals surface area contributed by atoms with Gasteiger partial charge in [-0.3, -0.25) is 4.98 Å². The van der Waals surface area contributed by atoms with Crippen molar-refractivity contribution in [3.8, 4) is 17.3 Å². The largest absolute Gasteiger partial charge is 0.493 e. The van der Waals surface area contributed by atoms with Crippen LogP contribution in [0, 0.1) is 5.92 Å². The Balaban J connectivity index is 1.62. The zero-order valence-electron chi connectivity index (χ0n) is 14.0. The number of aromatic nitrogens is 3. The van der Waals surface area contributed by atoms with Gasteiger partial charge in [-0.2, -0.15) is 4.98 Å². The minimum absolute atomic E-state index is 0.162. The monoisotopic (exact) mass is 313 g/mol. The Hall–Kier alpha value is -1.91. The standard InChI is InChI=1S/C18H23N3O2/c1-18(2,3)17-20-16(21-23-17)14-8-15(22-10-11-4-5-11)13(9-19-14)12-6-7-12/h8-9,11-12H,4-7,10H2,1-3H3. The lowest BCUT2D eigenvalue weighted by Gasteiger charge is -2.11. The first-order valence-electron chi connectivity index (χ1n) is 8.48. The van der Waals surface area contributed by atoms with Gasteiger partial charge >= 0.3 is 0 Å². The first kappa shape index (κ1) is 14.7. The lowest BCUT2D eigenvalue weighted by atomic mass is 9.97. The van der Waals surface area contributed by atoms with Crippen molar-refractivity contribution < 1.29 is 9.26 Å². The van der Waals surface area contributed by atoms with E-state index < -0.39 is 0 Å². The second-order valence-electron chi connectivity index (χ2n) is 7.81. The highest BCUT2D eigenvalue weighted by atomic mass is 16.5. The molecule has 2 aromatic rings. The van der Waals surface area contributed by atoms with Crippen LogP contribution in [0.4, 0.5) is 0 Å². The van der Waals surface area contributed by atoms with Gasteiger partial charge in [-0.25, -0.2) is 0 Å². The van der Waals surface area contributed by atoms with Crippen molar-refractivity contribution in [1.82, 2.24) is 15.1 Å². The molecule has 0 bridgehead atoms. The van der Waals surface area contributed by atoms with Crippen molar-refractivity contribution in [1.29, 1.82) is 0 Å². The number of nitrogens with zero attached hydrogens (tertiary/aromatic N) is 3. The molecule has 0 radical (unpaired) electrons. The van der Waals surface area contributed by atoms with Crippen molar-refractivity contribution in [2.45, 2.75) is 57.8 Å². The number of hydrogen-bond donors (Lipinski definition) is 0. The number of rotatable bonds is 5. The van der Waals surface area contributed by atoms with Crippen LogP contribution in [-0.4, -0.2) is 21.7 Å². The van der Waals surface area contributed by atoms with Crippen LogP contribution in [0.25, 0.3) is 11.5 Å². The van der Waals surface area contributed by atoms with Crippen LogP contribution in [0.2, 0.25) is 0 Å². The Morgan fingerprint density at radius 1 is 1.22 bits per heavy atom. The predicted molar refractivity (Wildman–Crippen MR) is 86.4 cm³/mol. The van der Waals surface area contributed by atoms with Crippen molar-refractivity contribution in [2.75, 3.05) is 6.61 Å². The van der Waals surface area contributed by atoms with Gasteiger partial charge in [0.25, 0.3) is 0 Å². The van der Waals surface area contributed by atoms with E-state index >= 15 is 0 Å². The Morgan fingerprint density at radius 3 is 2.61 bits per heavy atom. The quantitative estimate of drug-likeness (QED) is 0.832. The molecule has 122 valence electrons. The summed E-state index contributed by atoms with van der Waals surface area (Å²) in [5.41, 5.74) is 1.79. The highest BCUT2D eigenvalue weighted by molar-refractivity contribution is 5.54. The Bertz CT molecular complexity index is 709. The molecule has 2 aliphatic rings. The predicted octanol–water partition coefficient (Wildman–Crippen LogP) is 4.10. The van der Waals surface area contributed by atoms with Gasteiger partial charge in [0.05, 0.1) is 6.61 Å². The summed E-state index contributed by atoms with van der Waals surface area (Å²) >= 11 is 0. The molecule has 0 atom stereocenters. The summed E-state index contributed by atoms with van der Waals surface area (Å²) in [6, 6.07) is 1.98. The normalized spacial score (nSPS) is 18.2. The average Bonchev–Trinajstić information content (AvgIpc) is 3.43. The van der Waals surface area contributed by atoms with Gasteiger partial charge in [-0.05, 0) is 37.5 Å². The molecule has 0 N–H and O–H groups in total. The SMILES string of the molecule is CC(C)(C)c1nc(-c2cc(OCC3CC3)c(C3CC3)cn2)no1. The molecule has 2 heterocycles. The van der Waals surface area contributed by atoms with Crippen molar-refractivity contribution in [2.24, 2.45) is 5.92 Å². The summed E-state index contributed by atoms with van der Waals surface area (Å²) < 4.78 is 11.5. The fourth-order valence-corrected chi connectivity index (χ4v) is 2.52. The lowest BCUT2D eigenvalue weighted by molar-refractivity contribution is 0.296. The van der Waals surface area contributed by atoms with E-state index in [1.165, 1.54) is 31.2 Å². The van der Waals surface area contributed by atoms with Crippen molar-refractivity contribution in [3.05, 3.63) is 23.7 Å². The minimum Gasteiger partial charge on any atom is -0.493 e. The van der Waals surface area contributed by atoms with Crippen LogP contribution >= 0.6 is 0 Å². The first-order valence-corrected chi connectivity index (χ1v) is 8.48. The maximum atomic E-state index is 6.07. The summed E-state index contributed by atoms with van der Waals surface area (Å²) in [4.78, 5) is 9.04. The van der Waals surface area contributed by atoms with Crippen LogP contribution in [0.15, 0.2) is 16.8 Å². The zero-order valence-corrected chi connectivity index (χ0v) is 14.0. The molecule has 5 heteroatoms. The summed E-state index contributed by atoms with van der Waals surface area (Å²) in [6.07, 6.45) is 6.98. The second kappa shape index (κ2) is 5.32. The Labute approximate surface area is 136 Å². The molecule has 0 aromatic carbocycles. The molecule has 4 rings (SSSR count). The van der Waals surface area contributed by atoms with E-state index in [0.717, 1.165) is 24.0 Å². The summed E-state index contributed by atoms with van der Waals surface area (Å²) in [5, 5.41) is 4.09. The molecule has 5 nitrogen and oxygen atoms in total. The van der Waals surface area contributed by atoms with E-state index in [4.69, 9.17) is 9.26 Å². The van der Waals surface area contributed by atoms with Crippen LogP contribution in [0.1, 0.15) is 63.8 Å². The van der Waals surface area contributed by atoms with Crippen LogP contribution < -0.4 is 4.74 Å². The number of pyridine rings is 1. The first-order chi connectivity index (χ1) is 11.0. The molecule has 2 aliphatic carbocycles. The molecule has 0 unspecified atom stereocenters. The van der Waals surface area contributed by atoms with Crippen LogP contribution in [0.5, 0.6) is 5.75 Å². The Morgan fingerprint density at radius 2 is 2.00 bits per heavy atom. The van der Waals surface area contributed by atoms with Crippen molar-refractivity contribution >= 4 is 0 Å². The molecule has 2 aromatic heterocycles. The van der Waals surface area contributed by atoms with E-state index in [0.29, 0.717) is 17.6 Å². The van der Waals surface area contributed by atoms with E-state index in [9.17, 15) is 0 Å². The average molecular weight is 313 g/mol. The number of hydrogen-bond acceptors (Lipinski definition) is 5. The van der Waals surface area contributed by atoms with E-state index in [1.54, 1.807) is 0 Å². The number of ether oxygens (including phenoxy) is 1. The zero-order chi connectivity index (χ0) is 16.0. The van der Waals surface area contributed by atoms with E-state index in [-0.39, 0.29) is 5.41 Å². The van der Waals surface area contributed by atoms with Crippen LogP contribution in [0.3, 0.4) is 0 Å². The summed E-state index contributed by atoms with van der Waals surface area (Å²) in [7, 11) is 0. The fourth-order valence-electron chi connectivity index (χ4n) is 2.52. The maximum absolute atomic E-state index is 6.07. The third-order valence-electron chi connectivity index (χ3n) is 4.38. The minimum atomic E-state index is -0.162. The fraction of sp³-hybridized carbons (Fsp3) is 0.611. The van der Waals surface area contributed by atoms with Gasteiger partial charge in [-0.15, -0.1) is 0 Å². The molecule has 0 spiro atoms. The highest BCUT2D eigenvalue weighted by Gasteiger charge is 2.30. The summed E-state index contributed by atoms with van der Waals surface area (Å²) in [6.45, 7) is 6.97. The van der Waals surface area contributed by atoms with E-state index in [1.807, 2.05) is 12.3 Å². The van der Waals surface area contributed by atoms with Crippen LogP contribution in [-0.2, 0) is 5.41 Å². The third kappa shape index (κ3) is 3.23. The smallest absolute Gasteiger partial charge is 0.232 e. The molecule has 2 fully saturated rings. The van der Waals surface area contributed by atoms with Gasteiger partial charge < -0.3 is 9.26 Å². The van der Waals surface area contributed by atoms with Gasteiger partial charge in [0, 0.05) is 23.2 Å². The molecule has 2 saturated carbocycles. The second-order valence-corrected chi connectivity index (χ2v) is 7.81. The Kier molecular flexibility index (Phi) is 3.39. The summed E-state index contributed by atoms with van der Waals surface area (Å²) in [5.74, 6) is 3.46. The van der Waals surface area contributed by atoms with Gasteiger partial charge in [0.1, 0.15) is 11.4 Å². The maximum Gasteiger partial charge on any atom is 0.232 e.